The summed E-state index contributed by atoms with van der Waals surface area (Å²) in [4.78, 5) is 0. The largest absolute Gasteiger partial charge is 0.459 e. The maximum absolute atomic E-state index is 12.5. The SMILES string of the molecule is O=S(=O)(Nc1ccc(Cl)cc1NCc1cc2ccccc2o1)c1cccs1. The van der Waals surface area contributed by atoms with Gasteiger partial charge in [-0.15, -0.1) is 11.3 Å². The van der Waals surface area contributed by atoms with E-state index >= 15 is 0 Å². The van der Waals surface area contributed by atoms with E-state index in [9.17, 15) is 8.42 Å². The van der Waals surface area contributed by atoms with Gasteiger partial charge in [0.25, 0.3) is 10.0 Å². The molecule has 27 heavy (non-hydrogen) atoms. The van der Waals surface area contributed by atoms with Gasteiger partial charge >= 0.3 is 0 Å². The first-order valence-corrected chi connectivity index (χ1v) is 10.8. The van der Waals surface area contributed by atoms with Crippen molar-refractivity contribution in [1.82, 2.24) is 0 Å². The highest BCUT2D eigenvalue weighted by Crippen LogP contribution is 2.30. The van der Waals surface area contributed by atoms with Crippen molar-refractivity contribution in [3.8, 4) is 0 Å². The third-order valence-corrected chi connectivity index (χ3v) is 6.91. The topological polar surface area (TPSA) is 71.3 Å². The van der Waals surface area contributed by atoms with Gasteiger partial charge in [-0.3, -0.25) is 4.72 Å². The highest BCUT2D eigenvalue weighted by molar-refractivity contribution is 7.94. The Morgan fingerprint density at radius 1 is 1.00 bits per heavy atom. The first kappa shape index (κ1) is 17.9. The Morgan fingerprint density at radius 2 is 1.85 bits per heavy atom. The second kappa shape index (κ2) is 7.26. The lowest BCUT2D eigenvalue weighted by molar-refractivity contribution is 0.559. The van der Waals surface area contributed by atoms with E-state index in [0.717, 1.165) is 28.1 Å². The van der Waals surface area contributed by atoms with E-state index in [0.29, 0.717) is 22.9 Å². The molecular weight excluding hydrogens is 404 g/mol. The third kappa shape index (κ3) is 3.95. The predicted octanol–water partition coefficient (Wildman–Crippen LogP) is 5.56. The fraction of sp³-hybridized carbons (Fsp3) is 0.0526. The van der Waals surface area contributed by atoms with Gasteiger partial charge in [0.1, 0.15) is 15.6 Å². The van der Waals surface area contributed by atoms with Crippen LogP contribution in [-0.4, -0.2) is 8.42 Å². The standard InChI is InChI=1S/C19H15ClN2O3S2/c20-14-7-8-16(22-27(23,24)19-6-3-9-26-19)17(11-14)21-12-15-10-13-4-1-2-5-18(13)25-15/h1-11,21-22H,12H2. The van der Waals surface area contributed by atoms with Crippen LogP contribution in [0.1, 0.15) is 5.76 Å². The highest BCUT2D eigenvalue weighted by Gasteiger charge is 2.17. The average Bonchev–Trinajstić information content (AvgIpc) is 3.31. The molecule has 0 spiro atoms. The molecule has 138 valence electrons. The lowest BCUT2D eigenvalue weighted by Gasteiger charge is -2.13. The van der Waals surface area contributed by atoms with E-state index in [1.807, 2.05) is 30.3 Å². The predicted molar refractivity (Wildman–Crippen MR) is 110 cm³/mol. The van der Waals surface area contributed by atoms with Crippen LogP contribution in [0.4, 0.5) is 11.4 Å². The van der Waals surface area contributed by atoms with Crippen LogP contribution in [0.25, 0.3) is 11.0 Å². The molecule has 0 saturated heterocycles. The van der Waals surface area contributed by atoms with Crippen LogP contribution in [0.3, 0.4) is 0 Å². The van der Waals surface area contributed by atoms with E-state index < -0.39 is 10.0 Å². The molecule has 0 bridgehead atoms. The van der Waals surface area contributed by atoms with Gasteiger partial charge in [0.2, 0.25) is 0 Å². The molecule has 0 aliphatic carbocycles. The number of hydrogen-bond donors (Lipinski definition) is 2. The van der Waals surface area contributed by atoms with Crippen LogP contribution in [0.15, 0.2) is 74.7 Å². The first-order valence-electron chi connectivity index (χ1n) is 8.08. The molecule has 0 atom stereocenters. The molecule has 2 aromatic carbocycles. The summed E-state index contributed by atoms with van der Waals surface area (Å²) in [6, 6.07) is 17.9. The van der Waals surface area contributed by atoms with Crippen molar-refractivity contribution in [3.63, 3.8) is 0 Å². The molecule has 4 rings (SSSR count). The van der Waals surface area contributed by atoms with E-state index in [4.69, 9.17) is 16.0 Å². The maximum Gasteiger partial charge on any atom is 0.271 e. The molecular formula is C19H15ClN2O3S2. The van der Waals surface area contributed by atoms with Crippen LogP contribution < -0.4 is 10.0 Å². The first-order chi connectivity index (χ1) is 13.0. The Bertz CT molecular complexity index is 1150. The van der Waals surface area contributed by atoms with Gasteiger partial charge in [-0.2, -0.15) is 0 Å². The molecule has 0 fully saturated rings. The second-order valence-electron chi connectivity index (χ2n) is 5.83. The Morgan fingerprint density at radius 3 is 2.63 bits per heavy atom. The van der Waals surface area contributed by atoms with Crippen molar-refractivity contribution in [1.29, 1.82) is 0 Å². The van der Waals surface area contributed by atoms with E-state index in [1.165, 1.54) is 0 Å². The van der Waals surface area contributed by atoms with Gasteiger partial charge in [0, 0.05) is 10.4 Å². The zero-order valence-electron chi connectivity index (χ0n) is 14.0. The molecule has 8 heteroatoms. The maximum atomic E-state index is 12.5. The number of para-hydroxylation sites is 1. The summed E-state index contributed by atoms with van der Waals surface area (Å²) in [5, 5.41) is 6.43. The molecule has 2 heterocycles. The Hall–Kier alpha value is -2.48. The second-order valence-corrected chi connectivity index (χ2v) is 9.12. The normalized spacial score (nSPS) is 11.6. The Kier molecular flexibility index (Phi) is 4.82. The summed E-state index contributed by atoms with van der Waals surface area (Å²) in [6.45, 7) is 0.392. The van der Waals surface area contributed by atoms with Crippen molar-refractivity contribution in [2.45, 2.75) is 10.8 Å². The third-order valence-electron chi connectivity index (χ3n) is 3.92. The number of anilines is 2. The van der Waals surface area contributed by atoms with E-state index in [-0.39, 0.29) is 4.21 Å². The minimum Gasteiger partial charge on any atom is -0.459 e. The Balaban J connectivity index is 1.58. The van der Waals surface area contributed by atoms with Gasteiger partial charge in [-0.25, -0.2) is 8.42 Å². The van der Waals surface area contributed by atoms with Crippen molar-refractivity contribution in [2.24, 2.45) is 0 Å². The molecule has 4 aromatic rings. The highest BCUT2D eigenvalue weighted by atomic mass is 35.5. The van der Waals surface area contributed by atoms with Gasteiger partial charge in [-0.05, 0) is 41.8 Å². The molecule has 0 aliphatic rings. The number of hydrogen-bond acceptors (Lipinski definition) is 5. The number of rotatable bonds is 6. The van der Waals surface area contributed by atoms with Crippen molar-refractivity contribution in [3.05, 3.63) is 76.8 Å². The number of benzene rings is 2. The summed E-state index contributed by atoms with van der Waals surface area (Å²) in [6.07, 6.45) is 0. The van der Waals surface area contributed by atoms with E-state index in [1.54, 1.807) is 35.7 Å². The van der Waals surface area contributed by atoms with Crippen LogP contribution in [-0.2, 0) is 16.6 Å². The number of fused-ring (bicyclic) bond motifs is 1. The Labute approximate surface area is 165 Å². The minimum absolute atomic E-state index is 0.251. The fourth-order valence-corrected chi connectivity index (χ4v) is 4.91. The van der Waals surface area contributed by atoms with Crippen molar-refractivity contribution in [2.75, 3.05) is 10.0 Å². The summed E-state index contributed by atoms with van der Waals surface area (Å²) in [5.74, 6) is 0.739. The molecule has 2 N–H and O–H groups in total. The minimum atomic E-state index is -3.65. The smallest absolute Gasteiger partial charge is 0.271 e. The van der Waals surface area contributed by atoms with Crippen LogP contribution in [0.2, 0.25) is 5.02 Å². The molecule has 0 aliphatic heterocycles. The lowest BCUT2D eigenvalue weighted by atomic mass is 10.2. The van der Waals surface area contributed by atoms with Crippen molar-refractivity contribution >= 4 is 55.3 Å². The summed E-state index contributed by atoms with van der Waals surface area (Å²) < 4.78 is 33.7. The quantitative estimate of drug-likeness (QED) is 0.430. The number of furan rings is 1. The monoisotopic (exact) mass is 418 g/mol. The van der Waals surface area contributed by atoms with Crippen LogP contribution in [0, 0.1) is 0 Å². The van der Waals surface area contributed by atoms with E-state index in [2.05, 4.69) is 10.0 Å². The molecule has 0 radical (unpaired) electrons. The number of nitrogens with one attached hydrogen (secondary N) is 2. The zero-order valence-corrected chi connectivity index (χ0v) is 16.4. The molecule has 2 aromatic heterocycles. The summed E-state index contributed by atoms with van der Waals surface area (Å²) in [5.41, 5.74) is 1.80. The number of sulfonamides is 1. The van der Waals surface area contributed by atoms with Gasteiger partial charge < -0.3 is 9.73 Å². The van der Waals surface area contributed by atoms with Gasteiger partial charge in [-0.1, -0.05) is 35.9 Å². The number of halogens is 1. The fourth-order valence-electron chi connectivity index (χ4n) is 2.67. The summed E-state index contributed by atoms with van der Waals surface area (Å²) in [7, 11) is -3.65. The number of thiophene rings is 1. The van der Waals surface area contributed by atoms with Crippen LogP contribution >= 0.6 is 22.9 Å². The van der Waals surface area contributed by atoms with Crippen LogP contribution in [0.5, 0.6) is 0 Å². The lowest BCUT2D eigenvalue weighted by Crippen LogP contribution is -2.13. The molecule has 0 unspecified atom stereocenters. The van der Waals surface area contributed by atoms with Gasteiger partial charge in [0.15, 0.2) is 0 Å². The van der Waals surface area contributed by atoms with Crippen molar-refractivity contribution < 1.29 is 12.8 Å². The summed E-state index contributed by atoms with van der Waals surface area (Å²) >= 11 is 7.25. The molecule has 0 amide bonds. The zero-order chi connectivity index (χ0) is 18.9. The van der Waals surface area contributed by atoms with Gasteiger partial charge in [0.05, 0.1) is 17.9 Å². The molecule has 0 saturated carbocycles. The average molecular weight is 419 g/mol. The molecule has 5 nitrogen and oxygen atoms in total.